The topological polar surface area (TPSA) is 75.7 Å². The zero-order valence-electron chi connectivity index (χ0n) is 16.8. The fraction of sp³-hybridized carbons (Fsp3) is 0.409. The van der Waals surface area contributed by atoms with Crippen molar-refractivity contribution in [1.29, 1.82) is 0 Å². The molecule has 0 spiro atoms. The van der Waals surface area contributed by atoms with Crippen LogP contribution < -0.4 is 10.2 Å². The van der Waals surface area contributed by atoms with Crippen LogP contribution in [-0.2, 0) is 9.53 Å². The van der Waals surface area contributed by atoms with E-state index in [2.05, 4.69) is 5.32 Å². The second-order valence-electron chi connectivity index (χ2n) is 7.12. The van der Waals surface area contributed by atoms with E-state index in [0.29, 0.717) is 22.7 Å². The summed E-state index contributed by atoms with van der Waals surface area (Å²) in [6.45, 7) is 3.92. The number of thiophene rings is 1. The number of aryl methyl sites for hydroxylation is 1. The zero-order chi connectivity index (χ0) is 20.8. The summed E-state index contributed by atoms with van der Waals surface area (Å²) in [6.07, 6.45) is 4.21. The third-order valence-corrected chi connectivity index (χ3v) is 5.90. The van der Waals surface area contributed by atoms with Crippen molar-refractivity contribution in [2.24, 2.45) is 0 Å². The molecular formula is C22H26N2O4S. The maximum Gasteiger partial charge on any atom is 0.338 e. The largest absolute Gasteiger partial charge is 0.462 e. The van der Waals surface area contributed by atoms with Crippen molar-refractivity contribution in [2.45, 2.75) is 45.6 Å². The van der Waals surface area contributed by atoms with Crippen LogP contribution in [0.15, 0.2) is 36.4 Å². The van der Waals surface area contributed by atoms with Gasteiger partial charge >= 0.3 is 5.97 Å². The number of hydrogen-bond acceptors (Lipinski definition) is 5. The molecule has 2 amide bonds. The minimum atomic E-state index is -0.412. The lowest BCUT2D eigenvalue weighted by Gasteiger charge is -2.23. The normalized spacial score (nSPS) is 13.9. The van der Waals surface area contributed by atoms with Gasteiger partial charge in [-0.05, 0) is 63.1 Å². The third kappa shape index (κ3) is 5.44. The number of rotatable bonds is 7. The van der Waals surface area contributed by atoms with Crippen LogP contribution in [-0.4, -0.2) is 37.0 Å². The number of anilines is 1. The first-order valence-electron chi connectivity index (χ1n) is 9.92. The minimum Gasteiger partial charge on any atom is -0.462 e. The Morgan fingerprint density at radius 3 is 2.38 bits per heavy atom. The standard InChI is InChI=1S/C22H26N2O4S/c1-3-28-22(27)16-9-11-18(12-10-16)24(21(26)19-13-8-15(2)29-19)14-20(25)23-17-6-4-5-7-17/h8-13,17H,3-7,14H2,1-2H3,(H,23,25). The molecule has 1 aromatic heterocycles. The average Bonchev–Trinajstić information content (AvgIpc) is 3.37. The highest BCUT2D eigenvalue weighted by atomic mass is 32.1. The molecule has 1 fully saturated rings. The number of amides is 2. The highest BCUT2D eigenvalue weighted by Crippen LogP contribution is 2.23. The lowest BCUT2D eigenvalue weighted by atomic mass is 10.2. The first-order chi connectivity index (χ1) is 14.0. The molecule has 0 radical (unpaired) electrons. The van der Waals surface area contributed by atoms with Crippen LogP contribution in [0, 0.1) is 6.92 Å². The Labute approximate surface area is 174 Å². The molecule has 0 aliphatic heterocycles. The highest BCUT2D eigenvalue weighted by molar-refractivity contribution is 7.14. The third-order valence-electron chi connectivity index (χ3n) is 4.91. The van der Waals surface area contributed by atoms with Crippen molar-refractivity contribution in [3.63, 3.8) is 0 Å². The number of hydrogen-bond donors (Lipinski definition) is 1. The first kappa shape index (κ1) is 21.0. The summed E-state index contributed by atoms with van der Waals surface area (Å²) in [5, 5.41) is 3.03. The van der Waals surface area contributed by atoms with E-state index in [0.717, 1.165) is 30.6 Å². The van der Waals surface area contributed by atoms with Gasteiger partial charge in [-0.1, -0.05) is 12.8 Å². The van der Waals surface area contributed by atoms with Crippen molar-refractivity contribution in [3.8, 4) is 0 Å². The van der Waals surface area contributed by atoms with Crippen molar-refractivity contribution in [1.82, 2.24) is 5.32 Å². The zero-order valence-corrected chi connectivity index (χ0v) is 17.6. The molecule has 1 heterocycles. The van der Waals surface area contributed by atoms with Gasteiger partial charge in [0.2, 0.25) is 5.91 Å². The van der Waals surface area contributed by atoms with Crippen LogP contribution in [0.2, 0.25) is 0 Å². The smallest absolute Gasteiger partial charge is 0.338 e. The van der Waals surface area contributed by atoms with Crippen molar-refractivity contribution >= 4 is 34.8 Å². The van der Waals surface area contributed by atoms with Gasteiger partial charge in [0.25, 0.3) is 5.91 Å². The summed E-state index contributed by atoms with van der Waals surface area (Å²) in [6, 6.07) is 10.4. The van der Waals surface area contributed by atoms with Crippen LogP contribution in [0.25, 0.3) is 0 Å². The van der Waals surface area contributed by atoms with Crippen LogP contribution in [0.3, 0.4) is 0 Å². The van der Waals surface area contributed by atoms with E-state index >= 15 is 0 Å². The predicted molar refractivity (Wildman–Crippen MR) is 114 cm³/mol. The number of esters is 1. The van der Waals surface area contributed by atoms with E-state index in [1.807, 2.05) is 13.0 Å². The molecule has 1 N–H and O–H groups in total. The summed E-state index contributed by atoms with van der Waals surface area (Å²) >= 11 is 1.40. The van der Waals surface area contributed by atoms with Crippen LogP contribution >= 0.6 is 11.3 Å². The van der Waals surface area contributed by atoms with E-state index < -0.39 is 5.97 Å². The van der Waals surface area contributed by atoms with E-state index in [9.17, 15) is 14.4 Å². The second kappa shape index (κ2) is 9.69. The van der Waals surface area contributed by atoms with Gasteiger partial charge in [-0.25, -0.2) is 4.79 Å². The lowest BCUT2D eigenvalue weighted by molar-refractivity contribution is -0.120. The Morgan fingerprint density at radius 1 is 1.10 bits per heavy atom. The Bertz CT molecular complexity index is 869. The minimum absolute atomic E-state index is 0.0645. The Kier molecular flexibility index (Phi) is 7.04. The number of benzene rings is 1. The summed E-state index contributed by atoms with van der Waals surface area (Å²) in [7, 11) is 0. The molecule has 1 saturated carbocycles. The van der Waals surface area contributed by atoms with Gasteiger partial charge in [0.15, 0.2) is 0 Å². The molecule has 0 unspecified atom stereocenters. The summed E-state index contributed by atoms with van der Waals surface area (Å²) in [5.41, 5.74) is 0.973. The van der Waals surface area contributed by atoms with Gasteiger partial charge in [0.05, 0.1) is 17.0 Å². The van der Waals surface area contributed by atoms with E-state index in [4.69, 9.17) is 4.74 Å². The molecule has 154 valence electrons. The van der Waals surface area contributed by atoms with E-state index in [1.54, 1.807) is 37.3 Å². The molecule has 1 aliphatic carbocycles. The fourth-order valence-corrected chi connectivity index (χ4v) is 4.26. The highest BCUT2D eigenvalue weighted by Gasteiger charge is 2.24. The molecule has 7 heteroatoms. The molecule has 0 atom stereocenters. The van der Waals surface area contributed by atoms with Gasteiger partial charge in [-0.2, -0.15) is 0 Å². The second-order valence-corrected chi connectivity index (χ2v) is 8.41. The van der Waals surface area contributed by atoms with Gasteiger partial charge < -0.3 is 10.1 Å². The maximum atomic E-state index is 13.1. The number of carbonyl (C=O) groups is 3. The summed E-state index contributed by atoms with van der Waals surface area (Å²) in [4.78, 5) is 40.7. The molecule has 29 heavy (non-hydrogen) atoms. The molecule has 6 nitrogen and oxygen atoms in total. The SMILES string of the molecule is CCOC(=O)c1ccc(N(CC(=O)NC2CCCC2)C(=O)c2ccc(C)s2)cc1. The molecule has 0 saturated heterocycles. The Hall–Kier alpha value is -2.67. The lowest BCUT2D eigenvalue weighted by Crippen LogP contribution is -2.43. The number of carbonyl (C=O) groups excluding carboxylic acids is 3. The van der Waals surface area contributed by atoms with E-state index in [1.165, 1.54) is 16.2 Å². The molecule has 3 rings (SSSR count). The molecule has 2 aromatic rings. The molecular weight excluding hydrogens is 388 g/mol. The van der Waals surface area contributed by atoms with Crippen LogP contribution in [0.4, 0.5) is 5.69 Å². The van der Waals surface area contributed by atoms with Gasteiger partial charge in [-0.15, -0.1) is 11.3 Å². The average molecular weight is 415 g/mol. The molecule has 0 bridgehead atoms. The Balaban J connectivity index is 1.80. The van der Waals surface area contributed by atoms with Gasteiger partial charge in [-0.3, -0.25) is 14.5 Å². The number of ether oxygens (including phenoxy) is 1. The number of nitrogens with zero attached hydrogens (tertiary/aromatic N) is 1. The van der Waals surface area contributed by atoms with Crippen LogP contribution in [0.1, 0.15) is 57.5 Å². The van der Waals surface area contributed by atoms with Crippen LogP contribution in [0.5, 0.6) is 0 Å². The van der Waals surface area contributed by atoms with Crippen molar-refractivity contribution < 1.29 is 19.1 Å². The quantitative estimate of drug-likeness (QED) is 0.697. The van der Waals surface area contributed by atoms with Crippen molar-refractivity contribution in [3.05, 3.63) is 51.7 Å². The predicted octanol–water partition coefficient (Wildman–Crippen LogP) is 3.94. The Morgan fingerprint density at radius 2 is 1.79 bits per heavy atom. The number of nitrogens with one attached hydrogen (secondary N) is 1. The summed E-state index contributed by atoms with van der Waals surface area (Å²) < 4.78 is 5.00. The summed E-state index contributed by atoms with van der Waals surface area (Å²) in [5.74, 6) is -0.814. The molecule has 1 aromatic carbocycles. The van der Waals surface area contributed by atoms with Gasteiger partial charge in [0.1, 0.15) is 6.54 Å². The monoisotopic (exact) mass is 414 g/mol. The maximum absolute atomic E-state index is 13.1. The van der Waals surface area contributed by atoms with Crippen molar-refractivity contribution in [2.75, 3.05) is 18.1 Å². The first-order valence-corrected chi connectivity index (χ1v) is 10.7. The van der Waals surface area contributed by atoms with Gasteiger partial charge in [0, 0.05) is 16.6 Å². The fourth-order valence-electron chi connectivity index (χ4n) is 3.44. The molecule has 1 aliphatic rings. The van der Waals surface area contributed by atoms with E-state index in [-0.39, 0.29) is 24.4 Å².